The number of hydrogen-bond donors (Lipinski definition) is 0. The van der Waals surface area contributed by atoms with Crippen LogP contribution in [0.25, 0.3) is 21.8 Å². The maximum Gasteiger partial charge on any atom is 0.149 e. The second-order valence-corrected chi connectivity index (χ2v) is 6.07. The zero-order valence-corrected chi connectivity index (χ0v) is 13.4. The lowest BCUT2D eigenvalue weighted by Crippen LogP contribution is -1.98. The second-order valence-electron chi connectivity index (χ2n) is 6.07. The molecule has 2 aromatic carbocycles. The summed E-state index contributed by atoms with van der Waals surface area (Å²) in [5.74, 6) is -1.46. The highest BCUT2D eigenvalue weighted by Gasteiger charge is 2.14. The smallest absolute Gasteiger partial charge is 0.149 e. The Bertz CT molecular complexity index is 1120. The van der Waals surface area contributed by atoms with Gasteiger partial charge in [0.2, 0.25) is 0 Å². The first kappa shape index (κ1) is 15.6. The van der Waals surface area contributed by atoms with Crippen LogP contribution in [0.5, 0.6) is 0 Å². The monoisotopic (exact) mass is 338 g/mol. The third-order valence-corrected chi connectivity index (χ3v) is 4.19. The molecule has 4 aromatic rings. The van der Waals surface area contributed by atoms with Crippen molar-refractivity contribution in [3.63, 3.8) is 0 Å². The van der Waals surface area contributed by atoms with Gasteiger partial charge in [-0.05, 0) is 60.0 Å². The van der Waals surface area contributed by atoms with E-state index >= 15 is 0 Å². The van der Waals surface area contributed by atoms with Crippen molar-refractivity contribution < 1.29 is 13.2 Å². The molecule has 0 saturated heterocycles. The summed E-state index contributed by atoms with van der Waals surface area (Å²) in [5.41, 5.74) is 1.95. The minimum absolute atomic E-state index is 0.0121. The maximum atomic E-state index is 14.7. The number of halogens is 3. The lowest BCUT2D eigenvalue weighted by atomic mass is 10.0. The van der Waals surface area contributed by atoms with E-state index in [9.17, 15) is 13.2 Å². The number of benzene rings is 2. The van der Waals surface area contributed by atoms with Gasteiger partial charge < -0.3 is 0 Å². The van der Waals surface area contributed by atoms with Crippen molar-refractivity contribution in [2.45, 2.75) is 13.3 Å². The lowest BCUT2D eigenvalue weighted by Gasteiger charge is -2.09. The molecule has 0 radical (unpaired) electrons. The van der Waals surface area contributed by atoms with Gasteiger partial charge in [0.1, 0.15) is 28.5 Å². The van der Waals surface area contributed by atoms with E-state index in [1.54, 1.807) is 19.1 Å². The fourth-order valence-corrected chi connectivity index (χ4v) is 3.07. The lowest BCUT2D eigenvalue weighted by molar-refractivity contribution is 0.604. The van der Waals surface area contributed by atoms with E-state index in [1.807, 2.05) is 6.07 Å². The molecule has 2 nitrogen and oxygen atoms in total. The van der Waals surface area contributed by atoms with Crippen LogP contribution in [0.2, 0.25) is 0 Å². The fraction of sp³-hybridized carbons (Fsp3) is 0.100. The molecule has 5 heteroatoms. The Kier molecular flexibility index (Phi) is 3.64. The molecule has 2 heterocycles. The average Bonchev–Trinajstić information content (AvgIpc) is 2.59. The molecule has 4 rings (SSSR count). The van der Waals surface area contributed by atoms with Crippen molar-refractivity contribution in [2.24, 2.45) is 0 Å². The van der Waals surface area contributed by atoms with Crippen molar-refractivity contribution in [3.05, 3.63) is 82.9 Å². The second kappa shape index (κ2) is 5.84. The Balaban J connectivity index is 1.81. The van der Waals surface area contributed by atoms with Gasteiger partial charge in [0.25, 0.3) is 0 Å². The van der Waals surface area contributed by atoms with Gasteiger partial charge in [-0.25, -0.2) is 13.2 Å². The minimum atomic E-state index is -0.567. The number of aromatic nitrogens is 2. The molecule has 0 N–H and O–H groups in total. The Morgan fingerprint density at radius 1 is 0.920 bits per heavy atom. The zero-order valence-electron chi connectivity index (χ0n) is 13.4. The van der Waals surface area contributed by atoms with Crippen LogP contribution < -0.4 is 0 Å². The fourth-order valence-electron chi connectivity index (χ4n) is 3.07. The highest BCUT2D eigenvalue weighted by molar-refractivity contribution is 5.82. The van der Waals surface area contributed by atoms with E-state index in [-0.39, 0.29) is 28.4 Å². The molecule has 0 amide bonds. The first-order valence-electron chi connectivity index (χ1n) is 7.79. The molecular weight excluding hydrogens is 325 g/mol. The van der Waals surface area contributed by atoms with E-state index in [4.69, 9.17) is 0 Å². The standard InChI is InChI=1S/C20H13F3N2/c1-11-5-14-8-12(10-25-19(14)16(21)6-11)7-13-9-17(22)20-15(18(13)23)3-2-4-24-20/h2-6,8-10H,7H2,1H3. The summed E-state index contributed by atoms with van der Waals surface area (Å²) in [6, 6.07) is 9.21. The molecule has 0 unspecified atom stereocenters. The number of fused-ring (bicyclic) bond motifs is 2. The predicted molar refractivity (Wildman–Crippen MR) is 90.9 cm³/mol. The van der Waals surface area contributed by atoms with Crippen LogP contribution in [0.4, 0.5) is 13.2 Å². The zero-order chi connectivity index (χ0) is 17.6. The van der Waals surface area contributed by atoms with Gasteiger partial charge in [0.05, 0.1) is 0 Å². The van der Waals surface area contributed by atoms with Crippen LogP contribution in [0.15, 0.2) is 48.8 Å². The van der Waals surface area contributed by atoms with Crippen molar-refractivity contribution in [2.75, 3.05) is 0 Å². The Labute approximate surface area is 142 Å². The summed E-state index contributed by atoms with van der Waals surface area (Å²) in [7, 11) is 0. The SMILES string of the molecule is Cc1cc(F)c2ncc(Cc3cc(F)c4ncccc4c3F)cc2c1. The Hall–Kier alpha value is -2.95. The molecule has 25 heavy (non-hydrogen) atoms. The summed E-state index contributed by atoms with van der Waals surface area (Å²) in [5, 5.41) is 0.784. The van der Waals surface area contributed by atoms with Crippen LogP contribution in [0, 0.1) is 24.4 Å². The van der Waals surface area contributed by atoms with Gasteiger partial charge in [0, 0.05) is 29.6 Å². The third-order valence-electron chi connectivity index (χ3n) is 4.19. The largest absolute Gasteiger partial charge is 0.253 e. The summed E-state index contributed by atoms with van der Waals surface area (Å²) in [6.45, 7) is 1.79. The topological polar surface area (TPSA) is 25.8 Å². The molecular formula is C20H13F3N2. The quantitative estimate of drug-likeness (QED) is 0.508. The molecule has 0 spiro atoms. The van der Waals surface area contributed by atoms with Crippen LogP contribution >= 0.6 is 0 Å². The van der Waals surface area contributed by atoms with Gasteiger partial charge in [-0.1, -0.05) is 0 Å². The highest BCUT2D eigenvalue weighted by Crippen LogP contribution is 2.26. The number of hydrogen-bond acceptors (Lipinski definition) is 2. The summed E-state index contributed by atoms with van der Waals surface area (Å²) in [6.07, 6.45) is 3.08. The molecule has 0 aliphatic heterocycles. The van der Waals surface area contributed by atoms with Gasteiger partial charge in [0.15, 0.2) is 0 Å². The van der Waals surface area contributed by atoms with Gasteiger partial charge >= 0.3 is 0 Å². The summed E-state index contributed by atoms with van der Waals surface area (Å²) < 4.78 is 42.8. The number of pyridine rings is 2. The van der Waals surface area contributed by atoms with Crippen LogP contribution in [0.1, 0.15) is 16.7 Å². The van der Waals surface area contributed by atoms with Crippen LogP contribution in [-0.4, -0.2) is 9.97 Å². The molecule has 0 saturated carbocycles. The normalized spacial score (nSPS) is 11.4. The summed E-state index contributed by atoms with van der Waals surface area (Å²) in [4.78, 5) is 8.01. The molecule has 124 valence electrons. The Morgan fingerprint density at radius 2 is 1.72 bits per heavy atom. The Morgan fingerprint density at radius 3 is 2.56 bits per heavy atom. The van der Waals surface area contributed by atoms with Crippen molar-refractivity contribution in [3.8, 4) is 0 Å². The van der Waals surface area contributed by atoms with Crippen LogP contribution in [-0.2, 0) is 6.42 Å². The number of nitrogens with zero attached hydrogens (tertiary/aromatic N) is 2. The van der Waals surface area contributed by atoms with Crippen molar-refractivity contribution in [1.82, 2.24) is 9.97 Å². The maximum absolute atomic E-state index is 14.7. The van der Waals surface area contributed by atoms with E-state index in [0.717, 1.165) is 11.6 Å². The number of rotatable bonds is 2. The molecule has 0 bridgehead atoms. The van der Waals surface area contributed by atoms with Gasteiger partial charge in [-0.3, -0.25) is 9.97 Å². The van der Waals surface area contributed by atoms with Crippen molar-refractivity contribution in [1.29, 1.82) is 0 Å². The molecule has 0 aliphatic rings. The number of aryl methyl sites for hydroxylation is 1. The predicted octanol–water partition coefficient (Wildman–Crippen LogP) is 5.10. The van der Waals surface area contributed by atoms with E-state index < -0.39 is 17.5 Å². The van der Waals surface area contributed by atoms with Gasteiger partial charge in [-0.15, -0.1) is 0 Å². The first-order valence-corrected chi connectivity index (χ1v) is 7.79. The van der Waals surface area contributed by atoms with E-state index in [1.165, 1.54) is 24.5 Å². The highest BCUT2D eigenvalue weighted by atomic mass is 19.1. The third kappa shape index (κ3) is 2.71. The molecule has 0 fully saturated rings. The van der Waals surface area contributed by atoms with Crippen LogP contribution in [0.3, 0.4) is 0 Å². The minimum Gasteiger partial charge on any atom is -0.253 e. The van der Waals surface area contributed by atoms with Gasteiger partial charge in [-0.2, -0.15) is 0 Å². The first-order chi connectivity index (χ1) is 12.0. The van der Waals surface area contributed by atoms with E-state index in [2.05, 4.69) is 9.97 Å². The van der Waals surface area contributed by atoms with Crippen molar-refractivity contribution >= 4 is 21.8 Å². The molecule has 2 aromatic heterocycles. The average molecular weight is 338 g/mol. The molecule has 0 aliphatic carbocycles. The van der Waals surface area contributed by atoms with E-state index in [0.29, 0.717) is 10.9 Å². The molecule has 0 atom stereocenters. The summed E-state index contributed by atoms with van der Waals surface area (Å²) >= 11 is 0.